The minimum Gasteiger partial charge on any atom is -0.488 e. The number of ether oxygens (including phenoxy) is 1. The molecular weight excluding hydrogens is 328 g/mol. The third-order valence-corrected chi connectivity index (χ3v) is 4.26. The first-order valence-corrected chi connectivity index (χ1v) is 7.18. The van der Waals surface area contributed by atoms with Crippen LogP contribution in [0.3, 0.4) is 0 Å². The Balaban J connectivity index is 1.95. The summed E-state index contributed by atoms with van der Waals surface area (Å²) < 4.78 is 6.71. The lowest BCUT2D eigenvalue weighted by molar-refractivity contribution is -0.131. The van der Waals surface area contributed by atoms with Crippen LogP contribution in [0.15, 0.2) is 46.3 Å². The molecule has 3 nitrogen and oxygen atoms in total. The zero-order chi connectivity index (χ0) is 13.7. The van der Waals surface area contributed by atoms with E-state index in [-0.39, 0.29) is 0 Å². The minimum atomic E-state index is -0.956. The molecule has 1 N–H and O–H groups in total. The summed E-state index contributed by atoms with van der Waals surface area (Å²) in [5, 5.41) is 10.5. The third kappa shape index (κ3) is 4.22. The molecule has 0 bridgehead atoms. The molecule has 0 unspecified atom stereocenters. The molecule has 2 rings (SSSR count). The van der Waals surface area contributed by atoms with Gasteiger partial charge in [-0.2, -0.15) is 0 Å². The van der Waals surface area contributed by atoms with Crippen LogP contribution in [0.4, 0.5) is 0 Å². The van der Waals surface area contributed by atoms with Crippen molar-refractivity contribution in [2.75, 3.05) is 0 Å². The molecule has 0 aliphatic heterocycles. The molecule has 5 heteroatoms. The van der Waals surface area contributed by atoms with Crippen LogP contribution in [0, 0.1) is 0 Å². The average Bonchev–Trinajstić information content (AvgIpc) is 2.81. The first kappa shape index (κ1) is 13.8. The summed E-state index contributed by atoms with van der Waals surface area (Å²) in [5.74, 6) is -0.198. The number of halogens is 1. The molecule has 0 aliphatic rings. The number of benzene rings is 1. The van der Waals surface area contributed by atoms with Crippen molar-refractivity contribution in [1.82, 2.24) is 0 Å². The van der Waals surface area contributed by atoms with E-state index in [0.29, 0.717) is 6.61 Å². The zero-order valence-corrected chi connectivity index (χ0v) is 12.3. The van der Waals surface area contributed by atoms with Crippen LogP contribution in [0.2, 0.25) is 0 Å². The van der Waals surface area contributed by atoms with Crippen molar-refractivity contribution in [3.63, 3.8) is 0 Å². The highest BCUT2D eigenvalue weighted by Crippen LogP contribution is 2.24. The predicted octanol–water partition coefficient (Wildman–Crippen LogP) is 4.19. The van der Waals surface area contributed by atoms with Crippen LogP contribution in [-0.4, -0.2) is 11.1 Å². The van der Waals surface area contributed by atoms with Crippen LogP contribution >= 0.6 is 27.3 Å². The van der Waals surface area contributed by atoms with Crippen LogP contribution in [0.5, 0.6) is 5.75 Å². The van der Waals surface area contributed by atoms with E-state index in [1.807, 2.05) is 35.7 Å². The minimum absolute atomic E-state index is 0.516. The van der Waals surface area contributed by atoms with E-state index < -0.39 is 5.97 Å². The molecule has 0 saturated carbocycles. The highest BCUT2D eigenvalue weighted by atomic mass is 79.9. The van der Waals surface area contributed by atoms with E-state index in [1.165, 1.54) is 0 Å². The maximum atomic E-state index is 10.4. The lowest BCUT2D eigenvalue weighted by Gasteiger charge is -2.05. The summed E-state index contributed by atoms with van der Waals surface area (Å²) in [6.45, 7) is 0.516. The van der Waals surface area contributed by atoms with Crippen LogP contribution in [0.1, 0.15) is 10.4 Å². The third-order valence-electron chi connectivity index (χ3n) is 2.36. The second-order valence-electron chi connectivity index (χ2n) is 3.72. The lowest BCUT2D eigenvalue weighted by Crippen LogP contribution is -1.93. The van der Waals surface area contributed by atoms with E-state index in [4.69, 9.17) is 9.84 Å². The van der Waals surface area contributed by atoms with Crippen molar-refractivity contribution in [3.05, 3.63) is 56.7 Å². The molecule has 19 heavy (non-hydrogen) atoms. The summed E-state index contributed by atoms with van der Waals surface area (Å²) in [6, 6.07) is 9.27. The Labute approximate surface area is 123 Å². The molecule has 98 valence electrons. The lowest BCUT2D eigenvalue weighted by atomic mass is 10.2. The molecule has 0 amide bonds. The van der Waals surface area contributed by atoms with Gasteiger partial charge in [0.2, 0.25) is 0 Å². The van der Waals surface area contributed by atoms with Gasteiger partial charge in [-0.25, -0.2) is 4.79 Å². The number of aliphatic carboxylic acids is 1. The van der Waals surface area contributed by atoms with Crippen molar-refractivity contribution in [1.29, 1.82) is 0 Å². The van der Waals surface area contributed by atoms with Crippen molar-refractivity contribution in [2.45, 2.75) is 6.61 Å². The fourth-order valence-electron chi connectivity index (χ4n) is 1.42. The molecule has 1 aromatic heterocycles. The summed E-state index contributed by atoms with van der Waals surface area (Å²) in [7, 11) is 0. The summed E-state index contributed by atoms with van der Waals surface area (Å²) in [4.78, 5) is 11.5. The van der Waals surface area contributed by atoms with Crippen molar-refractivity contribution >= 4 is 39.3 Å². The molecule has 1 heterocycles. The Morgan fingerprint density at radius 1 is 1.32 bits per heavy atom. The number of carbonyl (C=O) groups is 1. The van der Waals surface area contributed by atoms with Gasteiger partial charge in [0.1, 0.15) is 12.4 Å². The van der Waals surface area contributed by atoms with E-state index in [1.54, 1.807) is 17.4 Å². The van der Waals surface area contributed by atoms with Crippen molar-refractivity contribution < 1.29 is 14.6 Å². The number of rotatable bonds is 5. The van der Waals surface area contributed by atoms with Crippen LogP contribution in [-0.2, 0) is 11.4 Å². The molecule has 0 spiro atoms. The second kappa shape index (κ2) is 6.54. The van der Waals surface area contributed by atoms with Gasteiger partial charge < -0.3 is 9.84 Å². The van der Waals surface area contributed by atoms with Gasteiger partial charge in [-0.3, -0.25) is 0 Å². The zero-order valence-electron chi connectivity index (χ0n) is 9.88. The first-order valence-electron chi connectivity index (χ1n) is 5.51. The Hall–Kier alpha value is -1.59. The number of thiophene rings is 1. The smallest absolute Gasteiger partial charge is 0.328 e. The van der Waals surface area contributed by atoms with Gasteiger partial charge in [0.25, 0.3) is 0 Å². The second-order valence-corrected chi connectivity index (χ2v) is 5.58. The fourth-order valence-corrected chi connectivity index (χ4v) is 2.80. The largest absolute Gasteiger partial charge is 0.488 e. The van der Waals surface area contributed by atoms with Gasteiger partial charge in [0.15, 0.2) is 0 Å². The highest BCUT2D eigenvalue weighted by molar-refractivity contribution is 9.10. The Kier molecular flexibility index (Phi) is 4.76. The molecule has 0 atom stereocenters. The van der Waals surface area contributed by atoms with Gasteiger partial charge in [-0.05, 0) is 51.1 Å². The molecular formula is C14H11BrO3S. The first-order chi connectivity index (χ1) is 9.15. The maximum absolute atomic E-state index is 10.4. The summed E-state index contributed by atoms with van der Waals surface area (Å²) in [5.41, 5.74) is 0.826. The Morgan fingerprint density at radius 2 is 2.05 bits per heavy atom. The molecule has 0 saturated heterocycles. The Bertz CT molecular complexity index is 587. The van der Waals surface area contributed by atoms with E-state index >= 15 is 0 Å². The van der Waals surface area contributed by atoms with E-state index in [9.17, 15) is 4.79 Å². The van der Waals surface area contributed by atoms with Gasteiger partial charge in [0, 0.05) is 10.5 Å². The number of carboxylic acids is 1. The number of carboxylic acid groups (broad SMARTS) is 1. The molecule has 0 aliphatic carbocycles. The molecule has 0 fully saturated rings. The fraction of sp³-hybridized carbons (Fsp3) is 0.0714. The van der Waals surface area contributed by atoms with Crippen LogP contribution < -0.4 is 4.74 Å². The molecule has 1 aromatic carbocycles. The topological polar surface area (TPSA) is 46.5 Å². The predicted molar refractivity (Wildman–Crippen MR) is 79.5 cm³/mol. The number of hydrogen-bond acceptors (Lipinski definition) is 3. The number of hydrogen-bond donors (Lipinski definition) is 1. The van der Waals surface area contributed by atoms with Crippen LogP contribution in [0.25, 0.3) is 6.08 Å². The quantitative estimate of drug-likeness (QED) is 0.831. The van der Waals surface area contributed by atoms with Crippen molar-refractivity contribution in [3.8, 4) is 5.75 Å². The van der Waals surface area contributed by atoms with Gasteiger partial charge >= 0.3 is 5.97 Å². The van der Waals surface area contributed by atoms with E-state index in [2.05, 4.69) is 15.9 Å². The molecule has 2 aromatic rings. The van der Waals surface area contributed by atoms with Crippen molar-refractivity contribution in [2.24, 2.45) is 0 Å². The van der Waals surface area contributed by atoms with Gasteiger partial charge in [-0.15, -0.1) is 11.3 Å². The monoisotopic (exact) mass is 338 g/mol. The van der Waals surface area contributed by atoms with Gasteiger partial charge in [0.05, 0.1) is 4.88 Å². The standard InChI is InChI=1S/C14H11BrO3S/c15-12-7-8-19-13(12)9-18-11-4-1-10(2-5-11)3-6-14(16)17/h1-8H,9H2,(H,16,17). The SMILES string of the molecule is O=C(O)C=Cc1ccc(OCc2sccc2Br)cc1. The average molecular weight is 339 g/mol. The van der Waals surface area contributed by atoms with E-state index in [0.717, 1.165) is 26.7 Å². The highest BCUT2D eigenvalue weighted by Gasteiger charge is 2.02. The summed E-state index contributed by atoms with van der Waals surface area (Å²) in [6.07, 6.45) is 2.65. The normalized spacial score (nSPS) is 10.8. The maximum Gasteiger partial charge on any atom is 0.328 e. The Morgan fingerprint density at radius 3 is 2.63 bits per heavy atom. The van der Waals surface area contributed by atoms with Gasteiger partial charge in [-0.1, -0.05) is 12.1 Å². The molecule has 0 radical (unpaired) electrons. The summed E-state index contributed by atoms with van der Waals surface area (Å²) >= 11 is 5.09.